The van der Waals surface area contributed by atoms with E-state index in [0.29, 0.717) is 16.4 Å². The predicted molar refractivity (Wildman–Crippen MR) is 45.0 cm³/mol. The second-order valence-corrected chi connectivity index (χ2v) is 2.72. The van der Waals surface area contributed by atoms with Crippen molar-refractivity contribution in [2.45, 2.75) is 12.1 Å². The molecule has 11 heavy (non-hydrogen) atoms. The first kappa shape index (κ1) is 8.64. The molecule has 60 valence electrons. The Balaban J connectivity index is 3.22. The summed E-state index contributed by atoms with van der Waals surface area (Å²) in [5.74, 6) is 0. The Morgan fingerprint density at radius 1 is 1.55 bits per heavy atom. The number of rotatable bonds is 1. The molecule has 2 N–H and O–H groups in total. The minimum Gasteiger partial charge on any atom is -0.422 e. The van der Waals surface area contributed by atoms with E-state index in [1.807, 2.05) is 0 Å². The number of nitrogens with zero attached hydrogens (tertiary/aromatic N) is 2. The summed E-state index contributed by atoms with van der Waals surface area (Å²) in [5.41, 5.74) is 0.975. The van der Waals surface area contributed by atoms with Crippen LogP contribution in [-0.4, -0.2) is 26.7 Å². The summed E-state index contributed by atoms with van der Waals surface area (Å²) in [6, 6.07) is 0. The van der Waals surface area contributed by atoms with Crippen LogP contribution in [0.2, 0.25) is 0 Å². The summed E-state index contributed by atoms with van der Waals surface area (Å²) in [5, 5.41) is 18.2. The average molecular weight is 172 g/mol. The lowest BCUT2D eigenvalue weighted by Crippen LogP contribution is -2.37. The van der Waals surface area contributed by atoms with E-state index < -0.39 is 7.12 Å². The van der Waals surface area contributed by atoms with E-state index in [1.54, 1.807) is 14.0 Å². The smallest absolute Gasteiger partial charge is 0.422 e. The molecule has 0 bridgehead atoms. The highest BCUT2D eigenvalue weighted by Crippen LogP contribution is 2.01. The first-order valence-electron chi connectivity index (χ1n) is 3.12. The number of imidazole rings is 1. The number of hydrogen-bond acceptors (Lipinski definition) is 4. The van der Waals surface area contributed by atoms with Crippen LogP contribution in [0.1, 0.15) is 5.69 Å². The van der Waals surface area contributed by atoms with E-state index in [2.05, 4.69) is 17.6 Å². The van der Waals surface area contributed by atoms with Gasteiger partial charge >= 0.3 is 7.12 Å². The van der Waals surface area contributed by atoms with Gasteiger partial charge in [0, 0.05) is 7.05 Å². The molecule has 1 rings (SSSR count). The molecule has 0 fully saturated rings. The highest BCUT2D eigenvalue weighted by atomic mass is 32.1. The van der Waals surface area contributed by atoms with E-state index in [9.17, 15) is 0 Å². The molecule has 0 amide bonds. The SMILES string of the molecule is Cc1nc(S)n(C)c1B(O)O. The monoisotopic (exact) mass is 172 g/mol. The minimum absolute atomic E-state index is 0.384. The molecule has 1 heterocycles. The molecule has 0 radical (unpaired) electrons. The third kappa shape index (κ3) is 1.42. The molecule has 0 atom stereocenters. The first-order chi connectivity index (χ1) is 5.04. The van der Waals surface area contributed by atoms with E-state index >= 15 is 0 Å². The van der Waals surface area contributed by atoms with Crippen molar-refractivity contribution >= 4 is 25.3 Å². The zero-order chi connectivity index (χ0) is 8.59. The lowest BCUT2D eigenvalue weighted by atomic mass is 9.84. The van der Waals surface area contributed by atoms with Crippen molar-refractivity contribution in [3.05, 3.63) is 5.69 Å². The summed E-state index contributed by atoms with van der Waals surface area (Å²) < 4.78 is 1.53. The standard InChI is InChI=1S/C5H9BN2O2S/c1-3-4(6(9)10)8(2)5(11)7-3/h9-10H,1-2H3,(H,7,11). The lowest BCUT2D eigenvalue weighted by molar-refractivity contribution is 0.422. The van der Waals surface area contributed by atoms with Gasteiger partial charge in [-0.25, -0.2) is 4.98 Å². The quantitative estimate of drug-likeness (QED) is 0.364. The fourth-order valence-electron chi connectivity index (χ4n) is 0.993. The molecule has 0 unspecified atom stereocenters. The zero-order valence-corrected chi connectivity index (χ0v) is 7.21. The van der Waals surface area contributed by atoms with Crippen LogP contribution in [0.15, 0.2) is 5.16 Å². The van der Waals surface area contributed by atoms with Gasteiger partial charge in [0.1, 0.15) is 0 Å². The second-order valence-electron chi connectivity index (χ2n) is 2.32. The summed E-state index contributed by atoms with van der Waals surface area (Å²) in [4.78, 5) is 3.94. The average Bonchev–Trinajstić information content (AvgIpc) is 2.07. The first-order valence-corrected chi connectivity index (χ1v) is 3.57. The normalized spacial score (nSPS) is 10.3. The third-order valence-corrected chi connectivity index (χ3v) is 1.94. The van der Waals surface area contributed by atoms with Crippen molar-refractivity contribution in [1.82, 2.24) is 9.55 Å². The minimum atomic E-state index is -1.48. The Bertz CT molecular complexity index is 274. The molecule has 4 nitrogen and oxygen atoms in total. The van der Waals surface area contributed by atoms with Gasteiger partial charge in [-0.3, -0.25) is 0 Å². The largest absolute Gasteiger partial charge is 0.507 e. The highest BCUT2D eigenvalue weighted by molar-refractivity contribution is 7.80. The van der Waals surface area contributed by atoms with Crippen LogP contribution in [0, 0.1) is 6.92 Å². The van der Waals surface area contributed by atoms with Crippen LogP contribution in [0.4, 0.5) is 0 Å². The topological polar surface area (TPSA) is 58.3 Å². The van der Waals surface area contributed by atoms with E-state index in [-0.39, 0.29) is 0 Å². The molecule has 0 aromatic carbocycles. The Labute approximate surface area is 70.4 Å². The van der Waals surface area contributed by atoms with Crippen molar-refractivity contribution < 1.29 is 10.0 Å². The maximum absolute atomic E-state index is 8.86. The maximum atomic E-state index is 8.86. The Hall–Kier alpha value is -0.455. The Morgan fingerprint density at radius 2 is 2.09 bits per heavy atom. The van der Waals surface area contributed by atoms with E-state index in [0.717, 1.165) is 0 Å². The maximum Gasteiger partial charge on any atom is 0.507 e. The van der Waals surface area contributed by atoms with Crippen molar-refractivity contribution in [3.8, 4) is 0 Å². The molecule has 0 saturated carbocycles. The van der Waals surface area contributed by atoms with Crippen LogP contribution >= 0.6 is 12.6 Å². The predicted octanol–water partition coefficient (Wildman–Crippen LogP) is -1.30. The summed E-state index contributed by atoms with van der Waals surface area (Å²) >= 11 is 4.01. The van der Waals surface area contributed by atoms with Crippen molar-refractivity contribution in [2.75, 3.05) is 0 Å². The Kier molecular flexibility index (Phi) is 2.27. The van der Waals surface area contributed by atoms with Gasteiger partial charge in [-0.05, 0) is 6.92 Å². The van der Waals surface area contributed by atoms with Gasteiger partial charge in [-0.1, -0.05) is 0 Å². The van der Waals surface area contributed by atoms with Crippen LogP contribution in [0.3, 0.4) is 0 Å². The van der Waals surface area contributed by atoms with Gasteiger partial charge in [-0.2, -0.15) is 0 Å². The molecule has 0 saturated heterocycles. The fraction of sp³-hybridized carbons (Fsp3) is 0.400. The van der Waals surface area contributed by atoms with Gasteiger partial charge in [0.05, 0.1) is 11.3 Å². The number of hydrogen-bond donors (Lipinski definition) is 3. The molecule has 1 aromatic heterocycles. The van der Waals surface area contributed by atoms with Crippen molar-refractivity contribution in [2.24, 2.45) is 7.05 Å². The molecule has 6 heteroatoms. The van der Waals surface area contributed by atoms with E-state index in [4.69, 9.17) is 10.0 Å². The fourth-order valence-corrected chi connectivity index (χ4v) is 1.25. The highest BCUT2D eigenvalue weighted by Gasteiger charge is 2.20. The van der Waals surface area contributed by atoms with Crippen molar-refractivity contribution in [1.29, 1.82) is 0 Å². The van der Waals surface area contributed by atoms with Gasteiger partial charge < -0.3 is 14.6 Å². The summed E-state index contributed by atoms with van der Waals surface area (Å²) in [6.45, 7) is 1.70. The molecule has 0 spiro atoms. The van der Waals surface area contributed by atoms with Crippen LogP contribution in [0.5, 0.6) is 0 Å². The Morgan fingerprint density at radius 3 is 2.27 bits per heavy atom. The summed E-state index contributed by atoms with van der Waals surface area (Å²) in [6.07, 6.45) is 0. The molecular formula is C5H9BN2O2S. The molecule has 0 aliphatic carbocycles. The summed E-state index contributed by atoms with van der Waals surface area (Å²) in [7, 11) is 0.199. The third-order valence-electron chi connectivity index (χ3n) is 1.54. The molecule has 1 aromatic rings. The number of aryl methyl sites for hydroxylation is 1. The second kappa shape index (κ2) is 2.88. The lowest BCUT2D eigenvalue weighted by Gasteiger charge is -2.01. The number of thiol groups is 1. The van der Waals surface area contributed by atoms with Crippen LogP contribution < -0.4 is 5.59 Å². The molecular weight excluding hydrogens is 163 g/mol. The van der Waals surface area contributed by atoms with E-state index in [1.165, 1.54) is 4.57 Å². The van der Waals surface area contributed by atoms with Crippen LogP contribution in [0.25, 0.3) is 0 Å². The van der Waals surface area contributed by atoms with Crippen LogP contribution in [-0.2, 0) is 7.05 Å². The van der Waals surface area contributed by atoms with Gasteiger partial charge in [0.25, 0.3) is 0 Å². The van der Waals surface area contributed by atoms with Gasteiger partial charge in [-0.15, -0.1) is 12.6 Å². The van der Waals surface area contributed by atoms with Gasteiger partial charge in [0.2, 0.25) is 0 Å². The molecule has 0 aliphatic rings. The zero-order valence-electron chi connectivity index (χ0n) is 6.31. The van der Waals surface area contributed by atoms with Gasteiger partial charge in [0.15, 0.2) is 5.16 Å². The van der Waals surface area contributed by atoms with Crippen molar-refractivity contribution in [3.63, 3.8) is 0 Å². The molecule has 0 aliphatic heterocycles. The number of aromatic nitrogens is 2.